The first-order valence-corrected chi connectivity index (χ1v) is 11.1. The number of ether oxygens (including phenoxy) is 2. The van der Waals surface area contributed by atoms with Crippen molar-refractivity contribution in [3.05, 3.63) is 70.0 Å². The van der Waals surface area contributed by atoms with Crippen LogP contribution in [-0.2, 0) is 9.47 Å². The predicted molar refractivity (Wildman–Crippen MR) is 121 cm³/mol. The summed E-state index contributed by atoms with van der Waals surface area (Å²) in [5.74, 6) is 0.0732. The van der Waals surface area contributed by atoms with Crippen molar-refractivity contribution in [1.29, 1.82) is 0 Å². The maximum atomic E-state index is 12.7. The summed E-state index contributed by atoms with van der Waals surface area (Å²) in [7, 11) is 0. The number of aliphatic hydroxyl groups is 2. The molecule has 2 heterocycles. The molecule has 12 heteroatoms. The SMILES string of the molecule is CC(C)COC(c1ccc(I)cc1[N+](=O)[O-])c1cn([C@H]2C[C@H](O)[C@@H](CO)O2)c(=O)[nH]c1=O. The van der Waals surface area contributed by atoms with Crippen molar-refractivity contribution in [3.8, 4) is 0 Å². The van der Waals surface area contributed by atoms with E-state index in [1.54, 1.807) is 6.07 Å². The minimum absolute atomic E-state index is 0.0138. The van der Waals surface area contributed by atoms with Crippen molar-refractivity contribution >= 4 is 28.3 Å². The van der Waals surface area contributed by atoms with Crippen LogP contribution in [0.2, 0.25) is 0 Å². The number of hydrogen-bond donors (Lipinski definition) is 3. The van der Waals surface area contributed by atoms with Gasteiger partial charge < -0.3 is 19.7 Å². The number of hydrogen-bond acceptors (Lipinski definition) is 8. The minimum atomic E-state index is -1.12. The molecule has 0 spiro atoms. The van der Waals surface area contributed by atoms with E-state index in [0.29, 0.717) is 3.57 Å². The van der Waals surface area contributed by atoms with Crippen molar-refractivity contribution in [2.75, 3.05) is 13.2 Å². The van der Waals surface area contributed by atoms with Crippen molar-refractivity contribution < 1.29 is 24.6 Å². The van der Waals surface area contributed by atoms with Gasteiger partial charge in [0.15, 0.2) is 0 Å². The van der Waals surface area contributed by atoms with Crippen molar-refractivity contribution in [1.82, 2.24) is 9.55 Å². The molecule has 32 heavy (non-hydrogen) atoms. The smallest absolute Gasteiger partial charge is 0.330 e. The molecule has 174 valence electrons. The topological polar surface area (TPSA) is 157 Å². The lowest BCUT2D eigenvalue weighted by Gasteiger charge is -2.21. The van der Waals surface area contributed by atoms with Crippen molar-refractivity contribution in [2.45, 2.75) is 44.8 Å². The Morgan fingerprint density at radius 2 is 2.09 bits per heavy atom. The van der Waals surface area contributed by atoms with Crippen LogP contribution in [0.15, 0.2) is 34.0 Å². The number of nitrogens with one attached hydrogen (secondary N) is 1. The fraction of sp³-hybridized carbons (Fsp3) is 0.500. The summed E-state index contributed by atoms with van der Waals surface area (Å²) >= 11 is 1.96. The average molecular weight is 561 g/mol. The third kappa shape index (κ3) is 5.26. The Bertz CT molecular complexity index is 1100. The normalized spacial score (nSPS) is 21.8. The number of H-pyrrole nitrogens is 1. The lowest BCUT2D eigenvalue weighted by molar-refractivity contribution is -0.386. The second-order valence-electron chi connectivity index (χ2n) is 7.93. The van der Waals surface area contributed by atoms with Gasteiger partial charge in [-0.2, -0.15) is 0 Å². The van der Waals surface area contributed by atoms with E-state index in [1.807, 2.05) is 36.4 Å². The van der Waals surface area contributed by atoms with Crippen LogP contribution in [0, 0.1) is 19.6 Å². The van der Waals surface area contributed by atoms with Crippen molar-refractivity contribution in [3.63, 3.8) is 0 Å². The molecule has 0 bridgehead atoms. The Kier molecular flexibility index (Phi) is 7.82. The number of nitro benzene ring substituents is 1. The minimum Gasteiger partial charge on any atom is -0.394 e. The van der Waals surface area contributed by atoms with Crippen molar-refractivity contribution in [2.24, 2.45) is 5.92 Å². The summed E-state index contributed by atoms with van der Waals surface area (Å²) < 4.78 is 13.2. The van der Waals surface area contributed by atoms with Crippen LogP contribution in [0.25, 0.3) is 0 Å². The fourth-order valence-electron chi connectivity index (χ4n) is 3.48. The molecular formula is C20H24IN3O8. The number of aliphatic hydroxyl groups excluding tert-OH is 2. The molecule has 4 atom stereocenters. The lowest BCUT2D eigenvalue weighted by Crippen LogP contribution is -2.35. The van der Waals surface area contributed by atoms with Crippen LogP contribution >= 0.6 is 22.6 Å². The Morgan fingerprint density at radius 3 is 2.69 bits per heavy atom. The van der Waals surface area contributed by atoms with Crippen LogP contribution in [0.3, 0.4) is 0 Å². The molecule has 2 aromatic rings. The second kappa shape index (κ2) is 10.2. The van der Waals surface area contributed by atoms with Gasteiger partial charge in [-0.25, -0.2) is 4.79 Å². The van der Waals surface area contributed by atoms with E-state index in [-0.39, 0.29) is 35.8 Å². The molecule has 1 aliphatic heterocycles. The fourth-order valence-corrected chi connectivity index (χ4v) is 3.96. The summed E-state index contributed by atoms with van der Waals surface area (Å²) in [5.41, 5.74) is -1.57. The van der Waals surface area contributed by atoms with Gasteiger partial charge in [0, 0.05) is 22.3 Å². The van der Waals surface area contributed by atoms with Crippen LogP contribution in [0.4, 0.5) is 5.69 Å². The highest BCUT2D eigenvalue weighted by molar-refractivity contribution is 14.1. The van der Waals surface area contributed by atoms with Crippen LogP contribution < -0.4 is 11.2 Å². The quantitative estimate of drug-likeness (QED) is 0.249. The van der Waals surface area contributed by atoms with Gasteiger partial charge in [-0.1, -0.05) is 13.8 Å². The number of nitrogens with zero attached hydrogens (tertiary/aromatic N) is 2. The van der Waals surface area contributed by atoms with Crippen LogP contribution in [0.1, 0.15) is 43.7 Å². The van der Waals surface area contributed by atoms with E-state index >= 15 is 0 Å². The third-order valence-electron chi connectivity index (χ3n) is 5.04. The first-order valence-electron chi connectivity index (χ1n) is 9.97. The zero-order valence-electron chi connectivity index (χ0n) is 17.4. The van der Waals surface area contributed by atoms with Gasteiger partial charge in [-0.15, -0.1) is 0 Å². The molecule has 1 aromatic heterocycles. The number of rotatable bonds is 8. The van der Waals surface area contributed by atoms with Gasteiger partial charge in [0.25, 0.3) is 11.2 Å². The highest BCUT2D eigenvalue weighted by Gasteiger charge is 2.36. The van der Waals surface area contributed by atoms with E-state index in [0.717, 1.165) is 4.57 Å². The van der Waals surface area contributed by atoms with E-state index in [2.05, 4.69) is 4.98 Å². The van der Waals surface area contributed by atoms with E-state index in [4.69, 9.17) is 9.47 Å². The number of aromatic nitrogens is 2. The van der Waals surface area contributed by atoms with E-state index < -0.39 is 47.3 Å². The number of halogens is 1. The molecule has 3 rings (SSSR count). The third-order valence-corrected chi connectivity index (χ3v) is 5.71. The Labute approximate surface area is 196 Å². The largest absolute Gasteiger partial charge is 0.394 e. The summed E-state index contributed by atoms with van der Waals surface area (Å²) in [6.45, 7) is 3.57. The van der Waals surface area contributed by atoms with Gasteiger partial charge in [0.1, 0.15) is 18.4 Å². The maximum absolute atomic E-state index is 12.7. The highest BCUT2D eigenvalue weighted by Crippen LogP contribution is 2.34. The molecule has 1 fully saturated rings. The molecule has 1 aliphatic rings. The van der Waals surface area contributed by atoms with Gasteiger partial charge in [0.05, 0.1) is 35.4 Å². The summed E-state index contributed by atoms with van der Waals surface area (Å²) in [6, 6.07) is 4.58. The predicted octanol–water partition coefficient (Wildman–Crippen LogP) is 1.45. The van der Waals surface area contributed by atoms with Gasteiger partial charge in [-0.3, -0.25) is 24.5 Å². The second-order valence-corrected chi connectivity index (χ2v) is 9.18. The zero-order valence-corrected chi connectivity index (χ0v) is 19.6. The molecule has 1 unspecified atom stereocenters. The molecule has 3 N–H and O–H groups in total. The molecule has 1 aromatic carbocycles. The summed E-state index contributed by atoms with van der Waals surface area (Å²) in [5, 5.41) is 31.0. The molecule has 0 saturated carbocycles. The first-order chi connectivity index (χ1) is 15.1. The highest BCUT2D eigenvalue weighted by atomic mass is 127. The number of aromatic amines is 1. The van der Waals surface area contributed by atoms with Gasteiger partial charge in [0.2, 0.25) is 0 Å². The average Bonchev–Trinajstić information content (AvgIpc) is 3.10. The Morgan fingerprint density at radius 1 is 1.38 bits per heavy atom. The Hall–Kier alpha value is -2.13. The zero-order chi connectivity index (χ0) is 23.6. The molecule has 11 nitrogen and oxygen atoms in total. The Balaban J connectivity index is 2.13. The molecule has 1 saturated heterocycles. The van der Waals surface area contributed by atoms with Crippen LogP contribution in [0.5, 0.6) is 0 Å². The molecule has 0 aliphatic carbocycles. The van der Waals surface area contributed by atoms with E-state index in [1.165, 1.54) is 18.3 Å². The first kappa shape index (κ1) is 24.5. The standard InChI is InChI=1S/C20H24IN3O8/c1-10(2)9-31-18(12-4-3-11(21)5-14(12)24(29)30)13-7-23(20(28)22-19(13)27)17-6-15(26)16(8-25)32-17/h3-5,7,10,15-18,25-26H,6,8-9H2,1-2H3,(H,22,27,28)/t15-,16+,17+,18?/m0/s1. The molecule has 0 radical (unpaired) electrons. The number of benzene rings is 1. The monoisotopic (exact) mass is 561 g/mol. The molecular weight excluding hydrogens is 537 g/mol. The number of nitro groups is 1. The lowest BCUT2D eigenvalue weighted by atomic mass is 10.0. The van der Waals surface area contributed by atoms with Gasteiger partial charge >= 0.3 is 5.69 Å². The summed E-state index contributed by atoms with van der Waals surface area (Å²) in [4.78, 5) is 38.6. The van der Waals surface area contributed by atoms with E-state index in [9.17, 15) is 29.9 Å². The summed E-state index contributed by atoms with van der Waals surface area (Å²) in [6.07, 6.45) is -2.64. The molecule has 0 amide bonds. The maximum Gasteiger partial charge on any atom is 0.330 e. The van der Waals surface area contributed by atoms with Crippen LogP contribution in [-0.4, -0.2) is 50.1 Å². The van der Waals surface area contributed by atoms with Gasteiger partial charge in [-0.05, 0) is 40.6 Å².